The molecule has 2 unspecified atom stereocenters. The van der Waals surface area contributed by atoms with Crippen LogP contribution in [0.3, 0.4) is 0 Å². The molecule has 0 fully saturated rings. The van der Waals surface area contributed by atoms with Gasteiger partial charge in [0.2, 0.25) is 5.91 Å². The van der Waals surface area contributed by atoms with Crippen molar-refractivity contribution in [3.05, 3.63) is 75.0 Å². The number of carbonyl (C=O) groups excluding carboxylic acids is 2. The van der Waals surface area contributed by atoms with Gasteiger partial charge < -0.3 is 14.8 Å². The number of hydrogen-bond donors (Lipinski definition) is 1. The highest BCUT2D eigenvalue weighted by atomic mass is 16.6. The Morgan fingerprint density at radius 1 is 1.03 bits per heavy atom. The lowest BCUT2D eigenvalue weighted by Gasteiger charge is -2.34. The molecule has 2 aromatic rings. The van der Waals surface area contributed by atoms with E-state index in [1.165, 1.54) is 12.1 Å². The number of ketones is 1. The van der Waals surface area contributed by atoms with Crippen molar-refractivity contribution < 1.29 is 24.0 Å². The Hall–Kier alpha value is -3.68. The van der Waals surface area contributed by atoms with Gasteiger partial charge in [-0.05, 0) is 30.2 Å². The smallest absolute Gasteiger partial charge is 0.269 e. The maximum atomic E-state index is 13.3. The molecule has 1 aliphatic carbocycles. The van der Waals surface area contributed by atoms with Gasteiger partial charge in [-0.2, -0.15) is 0 Å². The molecule has 8 heteroatoms. The molecule has 160 valence electrons. The van der Waals surface area contributed by atoms with Gasteiger partial charge in [0.05, 0.1) is 19.1 Å². The first-order valence-corrected chi connectivity index (χ1v) is 9.93. The molecule has 1 heterocycles. The maximum absolute atomic E-state index is 13.3. The zero-order chi connectivity index (χ0) is 22.1. The number of non-ortho nitro benzene ring substituents is 1. The van der Waals surface area contributed by atoms with Crippen molar-refractivity contribution in [2.75, 3.05) is 14.2 Å². The van der Waals surface area contributed by atoms with E-state index in [2.05, 4.69) is 5.32 Å². The summed E-state index contributed by atoms with van der Waals surface area (Å²) in [4.78, 5) is 36.4. The third-order valence-electron chi connectivity index (χ3n) is 5.90. The van der Waals surface area contributed by atoms with Crippen LogP contribution in [0.4, 0.5) is 5.69 Å². The molecule has 0 saturated carbocycles. The first-order valence-electron chi connectivity index (χ1n) is 9.93. The molecule has 0 bridgehead atoms. The summed E-state index contributed by atoms with van der Waals surface area (Å²) in [5, 5.41) is 14.1. The summed E-state index contributed by atoms with van der Waals surface area (Å²) in [6.45, 7) is 0. The number of methoxy groups -OCH3 is 2. The predicted octanol–water partition coefficient (Wildman–Crippen LogP) is 3.62. The number of carbonyl (C=O) groups is 2. The predicted molar refractivity (Wildman–Crippen MR) is 112 cm³/mol. The SMILES string of the molecule is COc1ccc(OC)c(C2CC(=O)C3=C(C2)NC(=O)CC3c2cccc([N+](=O)[O-])c2)c1. The van der Waals surface area contributed by atoms with Crippen LogP contribution in [-0.2, 0) is 9.59 Å². The molecule has 2 atom stereocenters. The summed E-state index contributed by atoms with van der Waals surface area (Å²) >= 11 is 0. The summed E-state index contributed by atoms with van der Waals surface area (Å²) in [6, 6.07) is 11.6. The van der Waals surface area contributed by atoms with Gasteiger partial charge in [-0.1, -0.05) is 12.1 Å². The number of hydrogen-bond acceptors (Lipinski definition) is 6. The van der Waals surface area contributed by atoms with Gasteiger partial charge in [-0.15, -0.1) is 0 Å². The molecule has 8 nitrogen and oxygen atoms in total. The quantitative estimate of drug-likeness (QED) is 0.582. The van der Waals surface area contributed by atoms with E-state index in [1.807, 2.05) is 6.07 Å². The van der Waals surface area contributed by atoms with Gasteiger partial charge in [0, 0.05) is 53.6 Å². The van der Waals surface area contributed by atoms with E-state index in [1.54, 1.807) is 38.5 Å². The first kappa shape index (κ1) is 20.6. The number of nitrogens with zero attached hydrogens (tertiary/aromatic N) is 1. The number of nitro groups is 1. The van der Waals surface area contributed by atoms with E-state index < -0.39 is 10.8 Å². The van der Waals surface area contributed by atoms with Crippen LogP contribution in [0.25, 0.3) is 0 Å². The number of rotatable bonds is 5. The third-order valence-corrected chi connectivity index (χ3v) is 5.90. The van der Waals surface area contributed by atoms with Crippen LogP contribution >= 0.6 is 0 Å². The summed E-state index contributed by atoms with van der Waals surface area (Å²) < 4.78 is 10.8. The highest BCUT2D eigenvalue weighted by molar-refractivity contribution is 6.02. The van der Waals surface area contributed by atoms with E-state index in [9.17, 15) is 19.7 Å². The van der Waals surface area contributed by atoms with E-state index in [4.69, 9.17) is 9.47 Å². The molecule has 31 heavy (non-hydrogen) atoms. The molecule has 1 aliphatic heterocycles. The molecule has 2 aliphatic rings. The Kier molecular flexibility index (Phi) is 5.46. The zero-order valence-corrected chi connectivity index (χ0v) is 17.2. The number of nitro benzene ring substituents is 1. The minimum absolute atomic E-state index is 0.0621. The lowest BCUT2D eigenvalue weighted by molar-refractivity contribution is -0.384. The fourth-order valence-corrected chi connectivity index (χ4v) is 4.48. The Bertz CT molecular complexity index is 1110. The lowest BCUT2D eigenvalue weighted by Crippen LogP contribution is -2.38. The molecule has 0 radical (unpaired) electrons. The van der Waals surface area contributed by atoms with Gasteiger partial charge in [0.1, 0.15) is 11.5 Å². The molecule has 2 aromatic carbocycles. The van der Waals surface area contributed by atoms with Crippen molar-refractivity contribution in [3.63, 3.8) is 0 Å². The Labute approximate surface area is 179 Å². The van der Waals surface area contributed by atoms with Crippen molar-refractivity contribution in [2.45, 2.75) is 31.1 Å². The summed E-state index contributed by atoms with van der Waals surface area (Å²) in [6.07, 6.45) is 0.796. The summed E-state index contributed by atoms with van der Waals surface area (Å²) in [7, 11) is 3.14. The molecule has 0 aromatic heterocycles. The minimum Gasteiger partial charge on any atom is -0.497 e. The second-order valence-corrected chi connectivity index (χ2v) is 7.69. The van der Waals surface area contributed by atoms with Crippen LogP contribution in [0.5, 0.6) is 11.5 Å². The van der Waals surface area contributed by atoms with Gasteiger partial charge in [-0.3, -0.25) is 19.7 Å². The molecule has 4 rings (SSSR count). The van der Waals surface area contributed by atoms with Gasteiger partial charge in [0.15, 0.2) is 5.78 Å². The Morgan fingerprint density at radius 2 is 1.84 bits per heavy atom. The van der Waals surface area contributed by atoms with Gasteiger partial charge >= 0.3 is 0 Å². The fourth-order valence-electron chi connectivity index (χ4n) is 4.48. The number of nitrogens with one attached hydrogen (secondary N) is 1. The van der Waals surface area contributed by atoms with Crippen molar-refractivity contribution in [3.8, 4) is 11.5 Å². The monoisotopic (exact) mass is 422 g/mol. The molecule has 0 saturated heterocycles. The second kappa shape index (κ2) is 8.22. The molecule has 1 amide bonds. The molecular weight excluding hydrogens is 400 g/mol. The highest BCUT2D eigenvalue weighted by Gasteiger charge is 2.39. The number of allylic oxidation sites excluding steroid dienone is 2. The topological polar surface area (TPSA) is 108 Å². The van der Waals surface area contributed by atoms with E-state index in [0.717, 1.165) is 5.56 Å². The summed E-state index contributed by atoms with van der Waals surface area (Å²) in [5.41, 5.74) is 2.50. The number of amides is 1. The third kappa shape index (κ3) is 3.88. The largest absolute Gasteiger partial charge is 0.497 e. The van der Waals surface area contributed by atoms with Crippen LogP contribution in [0.15, 0.2) is 53.7 Å². The van der Waals surface area contributed by atoms with Crippen molar-refractivity contribution in [1.29, 1.82) is 0 Å². The Balaban J connectivity index is 1.74. The molecular formula is C23H22N2O6. The molecule has 0 spiro atoms. The second-order valence-electron chi connectivity index (χ2n) is 7.69. The maximum Gasteiger partial charge on any atom is 0.269 e. The van der Waals surface area contributed by atoms with Crippen LogP contribution in [0.1, 0.15) is 42.2 Å². The van der Waals surface area contributed by atoms with Gasteiger partial charge in [-0.25, -0.2) is 0 Å². The summed E-state index contributed by atoms with van der Waals surface area (Å²) in [5.74, 6) is 0.351. The van der Waals surface area contributed by atoms with Gasteiger partial charge in [0.25, 0.3) is 5.69 Å². The van der Waals surface area contributed by atoms with Crippen molar-refractivity contribution in [2.24, 2.45) is 0 Å². The average molecular weight is 422 g/mol. The van der Waals surface area contributed by atoms with Crippen LogP contribution in [-0.4, -0.2) is 30.8 Å². The highest BCUT2D eigenvalue weighted by Crippen LogP contribution is 2.45. The van der Waals surface area contributed by atoms with E-state index in [-0.39, 0.29) is 36.1 Å². The van der Waals surface area contributed by atoms with Crippen molar-refractivity contribution in [1.82, 2.24) is 5.32 Å². The number of ether oxygens (including phenoxy) is 2. The minimum atomic E-state index is -0.496. The van der Waals surface area contributed by atoms with Crippen LogP contribution in [0, 0.1) is 10.1 Å². The van der Waals surface area contributed by atoms with E-state index in [0.29, 0.717) is 34.8 Å². The normalized spacial score (nSPS) is 20.7. The van der Waals surface area contributed by atoms with Crippen LogP contribution in [0.2, 0.25) is 0 Å². The molecule has 1 N–H and O–H groups in total. The zero-order valence-electron chi connectivity index (χ0n) is 17.2. The fraction of sp³-hybridized carbons (Fsp3) is 0.304. The van der Waals surface area contributed by atoms with Crippen molar-refractivity contribution >= 4 is 17.4 Å². The Morgan fingerprint density at radius 3 is 2.55 bits per heavy atom. The standard InChI is InChI=1S/C23H22N2O6/c1-30-16-6-7-21(31-2)17(11-16)14-9-19-23(20(26)10-14)18(12-22(27)24-19)13-4-3-5-15(8-13)25(28)29/h3-8,11,14,18H,9-10,12H2,1-2H3,(H,24,27). The first-order chi connectivity index (χ1) is 14.9. The van der Waals surface area contributed by atoms with Crippen LogP contribution < -0.4 is 14.8 Å². The van der Waals surface area contributed by atoms with E-state index >= 15 is 0 Å². The average Bonchev–Trinajstić information content (AvgIpc) is 2.77. The number of Topliss-reactive ketones (excluding diaryl/α,β-unsaturated/α-hetero) is 1. The lowest BCUT2D eigenvalue weighted by atomic mass is 9.73. The number of benzene rings is 2.